The number of allylic oxidation sites excluding steroid dienone is 4. The number of hydrogen-bond donors (Lipinski definition) is 0. The van der Waals surface area contributed by atoms with Crippen LogP contribution in [0.3, 0.4) is 0 Å². The van der Waals surface area contributed by atoms with Crippen LogP contribution in [0.5, 0.6) is 5.75 Å². The Bertz CT molecular complexity index is 934. The lowest BCUT2D eigenvalue weighted by Gasteiger charge is -2.30. The summed E-state index contributed by atoms with van der Waals surface area (Å²) in [4.78, 5) is 0. The van der Waals surface area contributed by atoms with Crippen molar-refractivity contribution < 1.29 is 17.9 Å². The molecule has 0 saturated heterocycles. The largest absolute Gasteiger partial charge is 0.494 e. The molecule has 0 bridgehead atoms. The van der Waals surface area contributed by atoms with E-state index >= 15 is 4.39 Å². The third-order valence-electron chi connectivity index (χ3n) is 6.02. The first-order valence-corrected chi connectivity index (χ1v) is 11.8. The molecular formula is C28H33F3O. The van der Waals surface area contributed by atoms with E-state index < -0.39 is 17.3 Å². The second-order valence-electron chi connectivity index (χ2n) is 8.47. The van der Waals surface area contributed by atoms with Crippen molar-refractivity contribution in [1.82, 2.24) is 0 Å². The van der Waals surface area contributed by atoms with E-state index in [0.29, 0.717) is 23.5 Å². The van der Waals surface area contributed by atoms with Crippen LogP contribution in [-0.4, -0.2) is 6.61 Å². The van der Waals surface area contributed by atoms with Crippen LogP contribution in [0.1, 0.15) is 75.8 Å². The molecular weight excluding hydrogens is 409 g/mol. The van der Waals surface area contributed by atoms with E-state index in [-0.39, 0.29) is 12.0 Å². The smallest absolute Gasteiger partial charge is 0.167 e. The molecule has 172 valence electrons. The molecule has 1 aliphatic rings. The molecule has 0 spiro atoms. The second-order valence-corrected chi connectivity index (χ2v) is 8.47. The van der Waals surface area contributed by atoms with Gasteiger partial charge < -0.3 is 4.74 Å². The fraction of sp³-hybridized carbons (Fsp3) is 0.429. The maximum atomic E-state index is 16.2. The Labute approximate surface area is 190 Å². The van der Waals surface area contributed by atoms with E-state index in [4.69, 9.17) is 4.74 Å². The van der Waals surface area contributed by atoms with Gasteiger partial charge in [-0.25, -0.2) is 13.2 Å². The van der Waals surface area contributed by atoms with Crippen molar-refractivity contribution in [3.8, 4) is 5.75 Å². The lowest BCUT2D eigenvalue weighted by atomic mass is 9.78. The molecule has 1 unspecified atom stereocenters. The Hall–Kier alpha value is -2.49. The van der Waals surface area contributed by atoms with Gasteiger partial charge in [-0.15, -0.1) is 0 Å². The lowest BCUT2D eigenvalue weighted by molar-refractivity contribution is 0.238. The standard InChI is InChI=1S/C28H33F3O/c1-2-3-4-5-6-7-8-11-20-32-23-15-12-14-22(21-23)24-16-9-10-19-28(24,31)25-17-13-18-26(29)27(25)30/h9-10,12-18,21H,2-8,11,19-20H2,1H3. The molecule has 0 aromatic heterocycles. The quantitative estimate of drug-likeness (QED) is 0.299. The summed E-state index contributed by atoms with van der Waals surface area (Å²) in [6.45, 7) is 2.83. The molecule has 0 N–H and O–H groups in total. The summed E-state index contributed by atoms with van der Waals surface area (Å²) in [5.74, 6) is -1.53. The van der Waals surface area contributed by atoms with Gasteiger partial charge in [-0.2, -0.15) is 0 Å². The Morgan fingerprint density at radius 1 is 0.906 bits per heavy atom. The summed E-state index contributed by atoms with van der Waals surface area (Å²) >= 11 is 0. The molecule has 1 nitrogen and oxygen atoms in total. The highest BCUT2D eigenvalue weighted by molar-refractivity contribution is 5.77. The minimum absolute atomic E-state index is 0.0530. The Morgan fingerprint density at radius 2 is 1.62 bits per heavy atom. The number of rotatable bonds is 12. The van der Waals surface area contributed by atoms with E-state index in [0.717, 1.165) is 18.9 Å². The van der Waals surface area contributed by atoms with Crippen LogP contribution in [-0.2, 0) is 5.67 Å². The molecule has 1 aliphatic carbocycles. The third-order valence-corrected chi connectivity index (χ3v) is 6.02. The molecule has 32 heavy (non-hydrogen) atoms. The summed E-state index contributed by atoms with van der Waals surface area (Å²) < 4.78 is 50.3. The number of ether oxygens (including phenoxy) is 1. The molecule has 0 heterocycles. The monoisotopic (exact) mass is 442 g/mol. The van der Waals surface area contributed by atoms with Gasteiger partial charge in [0.2, 0.25) is 0 Å². The van der Waals surface area contributed by atoms with Crippen LogP contribution < -0.4 is 4.74 Å². The highest BCUT2D eigenvalue weighted by atomic mass is 19.2. The van der Waals surface area contributed by atoms with Crippen molar-refractivity contribution in [3.63, 3.8) is 0 Å². The van der Waals surface area contributed by atoms with Crippen LogP contribution in [0.4, 0.5) is 13.2 Å². The van der Waals surface area contributed by atoms with E-state index in [2.05, 4.69) is 6.92 Å². The van der Waals surface area contributed by atoms with Gasteiger partial charge in [-0.3, -0.25) is 0 Å². The van der Waals surface area contributed by atoms with E-state index in [1.807, 2.05) is 6.07 Å². The fourth-order valence-electron chi connectivity index (χ4n) is 4.21. The first kappa shape index (κ1) is 24.2. The van der Waals surface area contributed by atoms with Gasteiger partial charge in [-0.05, 0) is 30.2 Å². The van der Waals surface area contributed by atoms with Crippen LogP contribution in [0, 0.1) is 11.6 Å². The van der Waals surface area contributed by atoms with Crippen molar-refractivity contribution in [2.75, 3.05) is 6.61 Å². The third kappa shape index (κ3) is 6.05. The highest BCUT2D eigenvalue weighted by Gasteiger charge is 2.40. The normalized spacial score (nSPS) is 17.9. The highest BCUT2D eigenvalue weighted by Crippen LogP contribution is 2.46. The molecule has 2 aromatic carbocycles. The Balaban J connectivity index is 1.63. The van der Waals surface area contributed by atoms with Crippen molar-refractivity contribution in [3.05, 3.63) is 83.5 Å². The lowest BCUT2D eigenvalue weighted by Crippen LogP contribution is -2.25. The van der Waals surface area contributed by atoms with Crippen molar-refractivity contribution >= 4 is 5.57 Å². The summed E-state index contributed by atoms with van der Waals surface area (Å²) in [7, 11) is 0. The number of unbranched alkanes of at least 4 members (excludes halogenated alkanes) is 7. The number of benzene rings is 2. The zero-order valence-corrected chi connectivity index (χ0v) is 18.9. The first-order chi connectivity index (χ1) is 15.6. The molecule has 0 fully saturated rings. The zero-order chi connectivity index (χ0) is 22.8. The maximum absolute atomic E-state index is 16.2. The predicted octanol–water partition coefficient (Wildman–Crippen LogP) is 8.69. The number of hydrogen-bond acceptors (Lipinski definition) is 1. The van der Waals surface area contributed by atoms with Crippen molar-refractivity contribution in [2.24, 2.45) is 0 Å². The van der Waals surface area contributed by atoms with E-state index in [1.54, 1.807) is 36.4 Å². The van der Waals surface area contributed by atoms with Gasteiger partial charge in [0, 0.05) is 17.6 Å². The molecule has 0 amide bonds. The Morgan fingerprint density at radius 3 is 2.41 bits per heavy atom. The van der Waals surface area contributed by atoms with Crippen LogP contribution in [0.15, 0.2) is 60.7 Å². The van der Waals surface area contributed by atoms with E-state index in [1.165, 1.54) is 50.7 Å². The summed E-state index contributed by atoms with van der Waals surface area (Å²) in [5, 5.41) is 0. The van der Waals surface area contributed by atoms with Gasteiger partial charge in [0.1, 0.15) is 5.75 Å². The SMILES string of the molecule is CCCCCCCCCCOc1cccc(C2=CC=CCC2(F)c2cccc(F)c2F)c1. The minimum atomic E-state index is -2.14. The van der Waals surface area contributed by atoms with Gasteiger partial charge in [0.05, 0.1) is 6.61 Å². The summed E-state index contributed by atoms with van der Waals surface area (Å²) in [5.41, 5.74) is -1.51. The average molecular weight is 443 g/mol. The number of halogens is 3. The number of alkyl halides is 1. The van der Waals surface area contributed by atoms with Gasteiger partial charge in [0.15, 0.2) is 17.3 Å². The average Bonchev–Trinajstić information content (AvgIpc) is 2.80. The zero-order valence-electron chi connectivity index (χ0n) is 18.9. The molecule has 1 atom stereocenters. The molecule has 0 aliphatic heterocycles. The topological polar surface area (TPSA) is 9.23 Å². The van der Waals surface area contributed by atoms with E-state index in [9.17, 15) is 8.78 Å². The molecule has 0 saturated carbocycles. The molecule has 3 rings (SSSR count). The summed E-state index contributed by atoms with van der Waals surface area (Å²) in [6, 6.07) is 10.9. The second kappa shape index (κ2) is 11.9. The fourth-order valence-corrected chi connectivity index (χ4v) is 4.21. The first-order valence-electron chi connectivity index (χ1n) is 11.8. The minimum Gasteiger partial charge on any atom is -0.494 e. The van der Waals surface area contributed by atoms with Gasteiger partial charge >= 0.3 is 0 Å². The van der Waals surface area contributed by atoms with Crippen LogP contribution in [0.25, 0.3) is 5.57 Å². The molecule has 0 radical (unpaired) electrons. The summed E-state index contributed by atoms with van der Waals surface area (Å²) in [6.07, 6.45) is 14.8. The van der Waals surface area contributed by atoms with Gasteiger partial charge in [-0.1, -0.05) is 94.4 Å². The predicted molar refractivity (Wildman–Crippen MR) is 125 cm³/mol. The maximum Gasteiger partial charge on any atom is 0.167 e. The molecule has 4 heteroatoms. The van der Waals surface area contributed by atoms with Crippen molar-refractivity contribution in [1.29, 1.82) is 0 Å². The Kier molecular flexibility index (Phi) is 9.01. The van der Waals surface area contributed by atoms with Crippen LogP contribution >= 0.6 is 0 Å². The molecule has 2 aromatic rings. The van der Waals surface area contributed by atoms with Crippen molar-refractivity contribution in [2.45, 2.75) is 70.4 Å². The van der Waals surface area contributed by atoms with Gasteiger partial charge in [0.25, 0.3) is 0 Å². The van der Waals surface area contributed by atoms with Crippen LogP contribution in [0.2, 0.25) is 0 Å².